The number of hydrogen-bond donors (Lipinski definition) is 0. The van der Waals surface area contributed by atoms with Crippen LogP contribution in [0.1, 0.15) is 0 Å². The van der Waals surface area contributed by atoms with Crippen molar-refractivity contribution in [1.82, 2.24) is 4.57 Å². The highest BCUT2D eigenvalue weighted by Gasteiger charge is 2.18. The molecule has 0 saturated heterocycles. The molecule has 0 radical (unpaired) electrons. The SMILES string of the molecule is c1ccc(-c2ccc(N(c3ccc(-c4cc(-c5ccccc5)cc(-c5ccccc5)c4)cc3)c3ccc4c(c3)c3ccccc3n4-c3ccccc3)cc2)cc1. The molecular formula is C54H38N2. The van der Waals surface area contributed by atoms with Crippen LogP contribution >= 0.6 is 0 Å². The zero-order chi connectivity index (χ0) is 37.3. The number of anilines is 3. The lowest BCUT2D eigenvalue weighted by atomic mass is 9.93. The predicted molar refractivity (Wildman–Crippen MR) is 237 cm³/mol. The first kappa shape index (κ1) is 33.2. The van der Waals surface area contributed by atoms with Gasteiger partial charge in [0.15, 0.2) is 0 Å². The zero-order valence-corrected chi connectivity index (χ0v) is 30.8. The molecule has 10 rings (SSSR count). The molecular weight excluding hydrogens is 677 g/mol. The number of rotatable bonds is 8. The second-order valence-corrected chi connectivity index (χ2v) is 14.2. The van der Waals surface area contributed by atoms with E-state index in [2.05, 4.69) is 240 Å². The molecule has 0 atom stereocenters. The van der Waals surface area contributed by atoms with E-state index in [1.165, 1.54) is 66.3 Å². The van der Waals surface area contributed by atoms with Gasteiger partial charge >= 0.3 is 0 Å². The lowest BCUT2D eigenvalue weighted by Gasteiger charge is -2.26. The summed E-state index contributed by atoms with van der Waals surface area (Å²) in [6.07, 6.45) is 0. The van der Waals surface area contributed by atoms with Gasteiger partial charge in [-0.05, 0) is 123 Å². The number of hydrogen-bond acceptors (Lipinski definition) is 1. The van der Waals surface area contributed by atoms with E-state index in [1.807, 2.05) is 0 Å². The van der Waals surface area contributed by atoms with Gasteiger partial charge in [-0.2, -0.15) is 0 Å². The molecule has 0 N–H and O–H groups in total. The summed E-state index contributed by atoms with van der Waals surface area (Å²) in [7, 11) is 0. The molecule has 0 unspecified atom stereocenters. The maximum absolute atomic E-state index is 2.38. The molecule has 0 fully saturated rings. The van der Waals surface area contributed by atoms with E-state index in [-0.39, 0.29) is 0 Å². The zero-order valence-electron chi connectivity index (χ0n) is 30.8. The fraction of sp³-hybridized carbons (Fsp3) is 0. The molecule has 0 aliphatic carbocycles. The fourth-order valence-corrected chi connectivity index (χ4v) is 8.03. The Balaban J connectivity index is 1.10. The summed E-state index contributed by atoms with van der Waals surface area (Å²) < 4.78 is 2.37. The maximum Gasteiger partial charge on any atom is 0.0542 e. The second kappa shape index (κ2) is 14.4. The number of nitrogens with zero attached hydrogens (tertiary/aromatic N) is 2. The van der Waals surface area contributed by atoms with Crippen LogP contribution in [0.15, 0.2) is 231 Å². The van der Waals surface area contributed by atoms with Gasteiger partial charge in [0, 0.05) is 33.5 Å². The normalized spacial score (nSPS) is 11.2. The van der Waals surface area contributed by atoms with Crippen molar-refractivity contribution in [3.8, 4) is 50.2 Å². The van der Waals surface area contributed by atoms with Crippen molar-refractivity contribution < 1.29 is 0 Å². The first-order valence-electron chi connectivity index (χ1n) is 19.2. The number of benzene rings is 9. The summed E-state index contributed by atoms with van der Waals surface area (Å²) >= 11 is 0. The monoisotopic (exact) mass is 714 g/mol. The van der Waals surface area contributed by atoms with Crippen LogP contribution < -0.4 is 4.90 Å². The molecule has 1 aromatic heterocycles. The first-order valence-corrected chi connectivity index (χ1v) is 19.2. The summed E-state index contributed by atoms with van der Waals surface area (Å²) in [6.45, 7) is 0. The van der Waals surface area contributed by atoms with E-state index >= 15 is 0 Å². The third-order valence-corrected chi connectivity index (χ3v) is 10.8. The Labute approximate surface area is 327 Å². The van der Waals surface area contributed by atoms with E-state index in [0.717, 1.165) is 22.7 Å². The molecule has 56 heavy (non-hydrogen) atoms. The minimum absolute atomic E-state index is 1.09. The minimum Gasteiger partial charge on any atom is -0.310 e. The highest BCUT2D eigenvalue weighted by molar-refractivity contribution is 6.10. The standard InChI is InChI=1S/C54H38N2/c1-5-15-39(16-6-1)42-25-29-48(30-26-42)55(50-33-34-54-52(38-50)51-23-13-14-24-53(51)56(54)47-21-11-4-12-22-47)49-31-27-43(28-32-49)46-36-44(40-17-7-2-8-18-40)35-45(37-46)41-19-9-3-10-20-41/h1-38H. The van der Waals surface area contributed by atoms with Crippen LogP contribution in [-0.4, -0.2) is 4.57 Å². The largest absolute Gasteiger partial charge is 0.310 e. The van der Waals surface area contributed by atoms with Crippen LogP contribution in [0.2, 0.25) is 0 Å². The Kier molecular flexibility index (Phi) is 8.55. The average molecular weight is 715 g/mol. The Hall–Kier alpha value is -7.42. The summed E-state index contributed by atoms with van der Waals surface area (Å²) in [5.41, 5.74) is 16.4. The molecule has 9 aromatic carbocycles. The first-order chi connectivity index (χ1) is 27.8. The van der Waals surface area contributed by atoms with Gasteiger partial charge in [0.05, 0.1) is 11.0 Å². The Morgan fingerprint density at radius 1 is 0.250 bits per heavy atom. The van der Waals surface area contributed by atoms with Gasteiger partial charge in [0.25, 0.3) is 0 Å². The van der Waals surface area contributed by atoms with E-state index < -0.39 is 0 Å². The lowest BCUT2D eigenvalue weighted by Crippen LogP contribution is -2.10. The van der Waals surface area contributed by atoms with Gasteiger partial charge < -0.3 is 9.47 Å². The van der Waals surface area contributed by atoms with Gasteiger partial charge in [-0.3, -0.25) is 0 Å². The summed E-state index contributed by atoms with van der Waals surface area (Å²) in [6, 6.07) is 83.1. The minimum atomic E-state index is 1.09. The molecule has 1 heterocycles. The van der Waals surface area contributed by atoms with Crippen molar-refractivity contribution in [3.63, 3.8) is 0 Å². The molecule has 0 aliphatic heterocycles. The van der Waals surface area contributed by atoms with Crippen LogP contribution in [0, 0.1) is 0 Å². The van der Waals surface area contributed by atoms with Gasteiger partial charge in [-0.1, -0.05) is 152 Å². The van der Waals surface area contributed by atoms with E-state index in [0.29, 0.717) is 0 Å². The Morgan fingerprint density at radius 3 is 1.14 bits per heavy atom. The molecule has 10 aromatic rings. The molecule has 0 aliphatic rings. The van der Waals surface area contributed by atoms with Gasteiger partial charge in [0.2, 0.25) is 0 Å². The smallest absolute Gasteiger partial charge is 0.0542 e. The van der Waals surface area contributed by atoms with Crippen LogP contribution in [0.4, 0.5) is 17.1 Å². The number of para-hydroxylation sites is 2. The molecule has 0 spiro atoms. The highest BCUT2D eigenvalue weighted by atomic mass is 15.1. The third kappa shape index (κ3) is 6.24. The molecule has 2 nitrogen and oxygen atoms in total. The van der Waals surface area contributed by atoms with Crippen molar-refractivity contribution in [1.29, 1.82) is 0 Å². The van der Waals surface area contributed by atoms with Gasteiger partial charge in [0.1, 0.15) is 0 Å². The van der Waals surface area contributed by atoms with Crippen LogP contribution in [-0.2, 0) is 0 Å². The number of fused-ring (bicyclic) bond motifs is 3. The fourth-order valence-electron chi connectivity index (χ4n) is 8.03. The average Bonchev–Trinajstić information content (AvgIpc) is 3.62. The second-order valence-electron chi connectivity index (χ2n) is 14.2. The quantitative estimate of drug-likeness (QED) is 0.152. The van der Waals surface area contributed by atoms with Crippen molar-refractivity contribution >= 4 is 38.9 Å². The van der Waals surface area contributed by atoms with E-state index in [9.17, 15) is 0 Å². The van der Waals surface area contributed by atoms with Crippen molar-refractivity contribution in [2.75, 3.05) is 4.90 Å². The molecule has 0 bridgehead atoms. The maximum atomic E-state index is 2.38. The number of aromatic nitrogens is 1. The summed E-state index contributed by atoms with van der Waals surface area (Å²) in [5.74, 6) is 0. The van der Waals surface area contributed by atoms with Gasteiger partial charge in [-0.25, -0.2) is 0 Å². The van der Waals surface area contributed by atoms with Crippen molar-refractivity contribution in [2.45, 2.75) is 0 Å². The van der Waals surface area contributed by atoms with Crippen LogP contribution in [0.3, 0.4) is 0 Å². The van der Waals surface area contributed by atoms with Crippen LogP contribution in [0.25, 0.3) is 72.0 Å². The Bertz CT molecular complexity index is 2860. The van der Waals surface area contributed by atoms with Crippen molar-refractivity contribution in [2.24, 2.45) is 0 Å². The molecule has 2 heteroatoms. The molecule has 0 saturated carbocycles. The molecule has 0 amide bonds. The Morgan fingerprint density at radius 2 is 0.625 bits per heavy atom. The molecule has 264 valence electrons. The topological polar surface area (TPSA) is 8.17 Å². The van der Waals surface area contributed by atoms with Crippen LogP contribution in [0.5, 0.6) is 0 Å². The predicted octanol–water partition coefficient (Wildman–Crippen LogP) is 14.9. The third-order valence-electron chi connectivity index (χ3n) is 10.8. The van der Waals surface area contributed by atoms with E-state index in [1.54, 1.807) is 0 Å². The lowest BCUT2D eigenvalue weighted by molar-refractivity contribution is 1.18. The van der Waals surface area contributed by atoms with E-state index in [4.69, 9.17) is 0 Å². The highest BCUT2D eigenvalue weighted by Crippen LogP contribution is 2.41. The van der Waals surface area contributed by atoms with Gasteiger partial charge in [-0.15, -0.1) is 0 Å². The summed E-state index contributed by atoms with van der Waals surface area (Å²) in [4.78, 5) is 2.38. The van der Waals surface area contributed by atoms with Crippen molar-refractivity contribution in [3.05, 3.63) is 231 Å². The summed E-state index contributed by atoms with van der Waals surface area (Å²) in [5, 5.41) is 2.45.